The van der Waals surface area contributed by atoms with E-state index in [-0.39, 0.29) is 24.2 Å². The fourth-order valence-electron chi connectivity index (χ4n) is 3.14. The molecule has 3 aromatic carbocycles. The van der Waals surface area contributed by atoms with Gasteiger partial charge in [0.05, 0.1) is 17.4 Å². The molecule has 0 aliphatic rings. The molecule has 9 heteroatoms. The average Bonchev–Trinajstić information content (AvgIpc) is 3.17. The Bertz CT molecular complexity index is 1180. The molecular weight excluding hydrogens is 408 g/mol. The third-order valence-corrected chi connectivity index (χ3v) is 4.67. The molecule has 0 bridgehead atoms. The van der Waals surface area contributed by atoms with Gasteiger partial charge in [0.1, 0.15) is 11.6 Å². The van der Waals surface area contributed by atoms with Crippen LogP contribution in [0.4, 0.5) is 32.0 Å². The number of fused-ring (bicyclic) bond motifs is 1. The van der Waals surface area contributed by atoms with Crippen molar-refractivity contribution < 1.29 is 26.3 Å². The second-order valence-corrected chi connectivity index (χ2v) is 6.68. The number of rotatable bonds is 5. The summed E-state index contributed by atoms with van der Waals surface area (Å²) in [7, 11) is 0. The first-order valence-electron chi connectivity index (χ1n) is 8.76. The molecule has 154 valence electrons. The van der Waals surface area contributed by atoms with E-state index in [0.717, 1.165) is 0 Å². The van der Waals surface area contributed by atoms with Gasteiger partial charge < -0.3 is 9.88 Å². The Kier molecular flexibility index (Phi) is 5.11. The van der Waals surface area contributed by atoms with E-state index in [1.54, 1.807) is 18.2 Å². The van der Waals surface area contributed by atoms with Crippen LogP contribution in [-0.4, -0.2) is 9.97 Å². The summed E-state index contributed by atoms with van der Waals surface area (Å²) in [4.78, 5) is 8.43. The van der Waals surface area contributed by atoms with Gasteiger partial charge in [-0.25, -0.2) is 31.3 Å². The zero-order valence-corrected chi connectivity index (χ0v) is 15.2. The van der Waals surface area contributed by atoms with Crippen LogP contribution in [0.15, 0.2) is 48.8 Å². The number of aromatic nitrogens is 2. The van der Waals surface area contributed by atoms with Gasteiger partial charge in [-0.3, -0.25) is 0 Å². The van der Waals surface area contributed by atoms with Crippen molar-refractivity contribution >= 4 is 16.7 Å². The standard InChI is InChI=1S/C21H13F6N3/c22-14-6-18(26)16(24)3-11(14)8-30(9-12-4-17(25)19(27)7-15(12)23)13-1-2-20-21(5-13)29-10-28-20/h1-7,10H,8-9H2,(H,28,29). The van der Waals surface area contributed by atoms with Crippen LogP contribution in [0.25, 0.3) is 11.0 Å². The highest BCUT2D eigenvalue weighted by atomic mass is 19.2. The maximum Gasteiger partial charge on any atom is 0.161 e. The number of benzene rings is 3. The lowest BCUT2D eigenvalue weighted by atomic mass is 10.1. The number of nitrogens with one attached hydrogen (secondary N) is 1. The van der Waals surface area contributed by atoms with Crippen molar-refractivity contribution in [3.8, 4) is 0 Å². The van der Waals surface area contributed by atoms with E-state index in [9.17, 15) is 26.3 Å². The van der Waals surface area contributed by atoms with Crippen molar-refractivity contribution in [2.24, 2.45) is 0 Å². The molecule has 4 rings (SSSR count). The normalized spacial score (nSPS) is 11.3. The van der Waals surface area contributed by atoms with Gasteiger partial charge in [0.2, 0.25) is 0 Å². The second-order valence-electron chi connectivity index (χ2n) is 6.68. The van der Waals surface area contributed by atoms with Crippen LogP contribution in [-0.2, 0) is 13.1 Å². The molecule has 1 N–H and O–H groups in total. The predicted octanol–water partition coefficient (Wildman–Crippen LogP) is 5.60. The lowest BCUT2D eigenvalue weighted by molar-refractivity contribution is 0.486. The summed E-state index contributed by atoms with van der Waals surface area (Å²) in [5, 5.41) is 0. The van der Waals surface area contributed by atoms with Gasteiger partial charge in [-0.05, 0) is 30.3 Å². The zero-order valence-electron chi connectivity index (χ0n) is 15.2. The monoisotopic (exact) mass is 421 g/mol. The smallest absolute Gasteiger partial charge is 0.161 e. The van der Waals surface area contributed by atoms with E-state index in [1.165, 1.54) is 11.2 Å². The molecule has 0 atom stereocenters. The van der Waals surface area contributed by atoms with E-state index < -0.39 is 34.9 Å². The van der Waals surface area contributed by atoms with Crippen molar-refractivity contribution in [3.63, 3.8) is 0 Å². The Morgan fingerprint density at radius 3 is 1.77 bits per heavy atom. The first-order valence-corrected chi connectivity index (χ1v) is 8.76. The SMILES string of the molecule is Fc1cc(F)c(CN(Cc2cc(F)c(F)cc2F)c2ccc3[nH]cnc3c2)cc1F. The predicted molar refractivity (Wildman–Crippen MR) is 98.6 cm³/mol. The summed E-state index contributed by atoms with van der Waals surface area (Å²) in [5.41, 5.74) is 1.30. The van der Waals surface area contributed by atoms with Gasteiger partial charge in [0.15, 0.2) is 23.3 Å². The van der Waals surface area contributed by atoms with Crippen molar-refractivity contribution in [2.75, 3.05) is 4.90 Å². The Hall–Kier alpha value is -3.49. The minimum atomic E-state index is -1.34. The summed E-state index contributed by atoms with van der Waals surface area (Å²) in [5.74, 6) is -7.16. The third-order valence-electron chi connectivity index (χ3n) is 4.67. The van der Waals surface area contributed by atoms with Gasteiger partial charge in [-0.15, -0.1) is 0 Å². The molecule has 1 aromatic heterocycles. The van der Waals surface area contributed by atoms with Crippen molar-refractivity contribution in [1.82, 2.24) is 9.97 Å². The number of aromatic amines is 1. The Morgan fingerprint density at radius 1 is 0.667 bits per heavy atom. The molecule has 0 unspecified atom stereocenters. The average molecular weight is 421 g/mol. The van der Waals surface area contributed by atoms with Crippen LogP contribution in [0.3, 0.4) is 0 Å². The number of hydrogen-bond acceptors (Lipinski definition) is 2. The van der Waals surface area contributed by atoms with Crippen LogP contribution in [0, 0.1) is 34.9 Å². The molecule has 1 heterocycles. The second kappa shape index (κ2) is 7.74. The highest BCUT2D eigenvalue weighted by Gasteiger charge is 2.18. The van der Waals surface area contributed by atoms with Gasteiger partial charge >= 0.3 is 0 Å². The summed E-state index contributed by atoms with van der Waals surface area (Å²) in [6.45, 7) is -0.588. The summed E-state index contributed by atoms with van der Waals surface area (Å²) in [6, 6.07) is 7.14. The molecule has 0 saturated carbocycles. The molecular formula is C21H13F6N3. The Morgan fingerprint density at radius 2 is 1.20 bits per heavy atom. The van der Waals surface area contributed by atoms with Crippen molar-refractivity contribution in [2.45, 2.75) is 13.1 Å². The number of H-pyrrole nitrogens is 1. The van der Waals surface area contributed by atoms with Crippen LogP contribution in [0.1, 0.15) is 11.1 Å². The molecule has 0 fully saturated rings. The van der Waals surface area contributed by atoms with Crippen molar-refractivity contribution in [1.29, 1.82) is 0 Å². The molecule has 0 amide bonds. The molecule has 0 aliphatic heterocycles. The minimum absolute atomic E-state index is 0.195. The van der Waals surface area contributed by atoms with E-state index in [0.29, 0.717) is 41.0 Å². The Labute approximate surface area is 166 Å². The van der Waals surface area contributed by atoms with E-state index in [4.69, 9.17) is 0 Å². The minimum Gasteiger partial charge on any atom is -0.363 e. The molecule has 0 saturated heterocycles. The van der Waals surface area contributed by atoms with Gasteiger partial charge in [-0.2, -0.15) is 0 Å². The number of anilines is 1. The van der Waals surface area contributed by atoms with Crippen LogP contribution in [0.5, 0.6) is 0 Å². The number of hydrogen-bond donors (Lipinski definition) is 1. The first kappa shape index (κ1) is 19.8. The molecule has 0 aliphatic carbocycles. The van der Waals surface area contributed by atoms with E-state index >= 15 is 0 Å². The number of halogens is 6. The summed E-state index contributed by atoms with van der Waals surface area (Å²) in [6.07, 6.45) is 1.46. The Balaban J connectivity index is 1.76. The quantitative estimate of drug-likeness (QED) is 0.336. The lowest BCUT2D eigenvalue weighted by Gasteiger charge is -2.26. The first-order chi connectivity index (χ1) is 14.3. The maximum absolute atomic E-state index is 14.2. The van der Waals surface area contributed by atoms with E-state index in [2.05, 4.69) is 9.97 Å². The molecule has 0 spiro atoms. The molecule has 4 aromatic rings. The lowest BCUT2D eigenvalue weighted by Crippen LogP contribution is -2.24. The summed E-state index contributed by atoms with van der Waals surface area (Å²) < 4.78 is 82.3. The van der Waals surface area contributed by atoms with Crippen LogP contribution >= 0.6 is 0 Å². The highest BCUT2D eigenvalue weighted by Crippen LogP contribution is 2.26. The highest BCUT2D eigenvalue weighted by molar-refractivity contribution is 5.79. The number of imidazole rings is 1. The third kappa shape index (κ3) is 3.83. The van der Waals surface area contributed by atoms with Crippen LogP contribution in [0.2, 0.25) is 0 Å². The molecule has 30 heavy (non-hydrogen) atoms. The fourth-order valence-corrected chi connectivity index (χ4v) is 3.14. The topological polar surface area (TPSA) is 31.9 Å². The molecule has 0 radical (unpaired) electrons. The largest absolute Gasteiger partial charge is 0.363 e. The van der Waals surface area contributed by atoms with Crippen LogP contribution < -0.4 is 4.90 Å². The van der Waals surface area contributed by atoms with Gasteiger partial charge in [0, 0.05) is 42.0 Å². The summed E-state index contributed by atoms with van der Waals surface area (Å²) >= 11 is 0. The fraction of sp³-hybridized carbons (Fsp3) is 0.0952. The van der Waals surface area contributed by atoms with E-state index in [1.807, 2.05) is 0 Å². The zero-order chi connectivity index (χ0) is 21.4. The molecule has 3 nitrogen and oxygen atoms in total. The maximum atomic E-state index is 14.2. The van der Waals surface area contributed by atoms with Gasteiger partial charge in [-0.1, -0.05) is 0 Å². The van der Waals surface area contributed by atoms with Gasteiger partial charge in [0.25, 0.3) is 0 Å². The number of nitrogens with zero attached hydrogens (tertiary/aromatic N) is 2. The van der Waals surface area contributed by atoms with Crippen molar-refractivity contribution in [3.05, 3.63) is 94.8 Å².